The molecule has 0 aliphatic carbocycles. The van der Waals surface area contributed by atoms with Gasteiger partial charge in [0.05, 0.1) is 23.2 Å². The molecule has 2 aromatic heterocycles. The minimum Gasteiger partial charge on any atom is -0.478 e. The van der Waals surface area contributed by atoms with Crippen molar-refractivity contribution >= 4 is 35.0 Å². The third-order valence-corrected chi connectivity index (χ3v) is 4.82. The summed E-state index contributed by atoms with van der Waals surface area (Å²) in [5.41, 5.74) is 1.75. The Kier molecular flexibility index (Phi) is 5.73. The van der Waals surface area contributed by atoms with E-state index in [1.54, 1.807) is 12.4 Å². The van der Waals surface area contributed by atoms with Crippen molar-refractivity contribution in [2.45, 2.75) is 12.5 Å². The van der Waals surface area contributed by atoms with Crippen LogP contribution in [-0.2, 0) is 4.74 Å². The second-order valence-corrected chi connectivity index (χ2v) is 7.09. The lowest BCUT2D eigenvalue weighted by atomic mass is 10.1. The van der Waals surface area contributed by atoms with Crippen molar-refractivity contribution in [3.05, 3.63) is 59.3 Å². The van der Waals surface area contributed by atoms with Crippen molar-refractivity contribution in [2.24, 2.45) is 0 Å². The van der Waals surface area contributed by atoms with Gasteiger partial charge >= 0.3 is 5.97 Å². The zero-order chi connectivity index (χ0) is 21.1. The lowest BCUT2D eigenvalue weighted by Crippen LogP contribution is -2.20. The molecule has 0 bridgehead atoms. The van der Waals surface area contributed by atoms with E-state index in [1.165, 1.54) is 30.5 Å². The number of carboxylic acid groups (broad SMARTS) is 1. The molecule has 0 saturated carbocycles. The highest BCUT2D eigenvalue weighted by molar-refractivity contribution is 6.31. The Morgan fingerprint density at radius 1 is 1.27 bits per heavy atom. The van der Waals surface area contributed by atoms with Gasteiger partial charge in [-0.15, -0.1) is 0 Å². The first-order valence-electron chi connectivity index (χ1n) is 9.12. The van der Waals surface area contributed by atoms with Crippen LogP contribution in [0.2, 0.25) is 5.02 Å². The van der Waals surface area contributed by atoms with E-state index in [9.17, 15) is 14.3 Å². The zero-order valence-corrected chi connectivity index (χ0v) is 16.4. The number of nitrogens with one attached hydrogen (secondary N) is 2. The monoisotopic (exact) mass is 429 g/mol. The average molecular weight is 430 g/mol. The summed E-state index contributed by atoms with van der Waals surface area (Å²) in [5, 5.41) is 15.6. The second kappa shape index (κ2) is 8.60. The number of carbonyl (C=O) groups is 1. The number of aromatic nitrogens is 3. The molecule has 1 atom stereocenters. The predicted molar refractivity (Wildman–Crippen MR) is 110 cm³/mol. The maximum absolute atomic E-state index is 13.4. The third kappa shape index (κ3) is 4.47. The number of ether oxygens (including phenoxy) is 1. The number of benzene rings is 1. The van der Waals surface area contributed by atoms with E-state index >= 15 is 0 Å². The Bertz CT molecular complexity index is 1090. The summed E-state index contributed by atoms with van der Waals surface area (Å²) < 4.78 is 18.8. The Hall–Kier alpha value is -3.30. The Morgan fingerprint density at radius 3 is 2.87 bits per heavy atom. The van der Waals surface area contributed by atoms with Gasteiger partial charge in [-0.1, -0.05) is 11.6 Å². The maximum atomic E-state index is 13.4. The Morgan fingerprint density at radius 2 is 2.13 bits per heavy atom. The fourth-order valence-electron chi connectivity index (χ4n) is 3.01. The van der Waals surface area contributed by atoms with Gasteiger partial charge in [-0.3, -0.25) is 4.98 Å². The van der Waals surface area contributed by atoms with Crippen LogP contribution in [0.4, 0.5) is 21.8 Å². The van der Waals surface area contributed by atoms with E-state index in [0.717, 1.165) is 6.42 Å². The van der Waals surface area contributed by atoms with Gasteiger partial charge in [0.25, 0.3) is 0 Å². The molecule has 10 heteroatoms. The normalized spacial score (nSPS) is 15.7. The molecule has 8 nitrogen and oxygen atoms in total. The van der Waals surface area contributed by atoms with Crippen LogP contribution >= 0.6 is 11.6 Å². The molecule has 154 valence electrons. The fraction of sp³-hybridized carbons (Fsp3) is 0.200. The summed E-state index contributed by atoms with van der Waals surface area (Å²) in [6.45, 7) is 1.18. The number of nitrogens with zero attached hydrogens (tertiary/aromatic N) is 3. The number of halogens is 2. The summed E-state index contributed by atoms with van der Waals surface area (Å²) in [6.07, 6.45) is 5.21. The second-order valence-electron chi connectivity index (χ2n) is 6.68. The van der Waals surface area contributed by atoms with Gasteiger partial charge in [-0.05, 0) is 30.7 Å². The van der Waals surface area contributed by atoms with Gasteiger partial charge in [0.2, 0.25) is 5.95 Å². The fourth-order valence-corrected chi connectivity index (χ4v) is 3.19. The van der Waals surface area contributed by atoms with Gasteiger partial charge in [0.1, 0.15) is 11.6 Å². The first-order chi connectivity index (χ1) is 14.5. The molecular formula is C20H17ClFN5O3. The summed E-state index contributed by atoms with van der Waals surface area (Å²) >= 11 is 5.83. The van der Waals surface area contributed by atoms with E-state index in [2.05, 4.69) is 25.6 Å². The summed E-state index contributed by atoms with van der Waals surface area (Å²) in [6, 6.07) is 5.78. The highest BCUT2D eigenvalue weighted by Gasteiger charge is 2.19. The molecule has 1 aliphatic rings. The van der Waals surface area contributed by atoms with Gasteiger partial charge in [-0.2, -0.15) is 4.98 Å². The summed E-state index contributed by atoms with van der Waals surface area (Å²) in [7, 11) is 0. The van der Waals surface area contributed by atoms with Crippen molar-refractivity contribution in [1.82, 2.24) is 15.0 Å². The van der Waals surface area contributed by atoms with E-state index in [0.29, 0.717) is 35.8 Å². The van der Waals surface area contributed by atoms with Crippen LogP contribution in [0.25, 0.3) is 11.1 Å². The number of carboxylic acids is 1. The lowest BCUT2D eigenvalue weighted by Gasteiger charge is -2.16. The number of hydrogen-bond acceptors (Lipinski definition) is 7. The molecule has 1 unspecified atom stereocenters. The van der Waals surface area contributed by atoms with Crippen LogP contribution in [0.5, 0.6) is 0 Å². The molecule has 3 N–H and O–H groups in total. The number of aromatic carboxylic acids is 1. The van der Waals surface area contributed by atoms with Crippen LogP contribution in [0.3, 0.4) is 0 Å². The van der Waals surface area contributed by atoms with Gasteiger partial charge in [-0.25, -0.2) is 14.2 Å². The molecular weight excluding hydrogens is 413 g/mol. The number of pyridine rings is 1. The van der Waals surface area contributed by atoms with Crippen molar-refractivity contribution in [3.63, 3.8) is 0 Å². The maximum Gasteiger partial charge on any atom is 0.337 e. The van der Waals surface area contributed by atoms with E-state index < -0.39 is 11.8 Å². The SMILES string of the molecule is O=C(O)c1cncc(-c2cnc(Nc3ccc(F)c(Cl)c3)nc2NC2CCOC2)c1. The van der Waals surface area contributed by atoms with E-state index in [-0.39, 0.29) is 22.6 Å². The van der Waals surface area contributed by atoms with Crippen molar-refractivity contribution in [1.29, 1.82) is 0 Å². The highest BCUT2D eigenvalue weighted by Crippen LogP contribution is 2.29. The van der Waals surface area contributed by atoms with Crippen LogP contribution in [0.1, 0.15) is 16.8 Å². The van der Waals surface area contributed by atoms with Crippen molar-refractivity contribution < 1.29 is 19.0 Å². The summed E-state index contributed by atoms with van der Waals surface area (Å²) in [5.74, 6) is -0.825. The number of rotatable bonds is 6. The molecule has 1 aromatic carbocycles. The van der Waals surface area contributed by atoms with Crippen molar-refractivity contribution in [2.75, 3.05) is 23.8 Å². The molecule has 4 rings (SSSR count). The van der Waals surface area contributed by atoms with Crippen LogP contribution in [-0.4, -0.2) is 45.3 Å². The topological polar surface area (TPSA) is 109 Å². The number of anilines is 3. The average Bonchev–Trinajstić information content (AvgIpc) is 3.24. The van der Waals surface area contributed by atoms with Gasteiger partial charge < -0.3 is 20.5 Å². The minimum atomic E-state index is -1.07. The minimum absolute atomic E-state index is 0.0189. The molecule has 3 aromatic rings. The number of hydrogen-bond donors (Lipinski definition) is 3. The zero-order valence-electron chi connectivity index (χ0n) is 15.6. The molecule has 30 heavy (non-hydrogen) atoms. The van der Waals surface area contributed by atoms with Crippen molar-refractivity contribution in [3.8, 4) is 11.1 Å². The molecule has 3 heterocycles. The summed E-state index contributed by atoms with van der Waals surface area (Å²) in [4.78, 5) is 24.2. The predicted octanol–water partition coefficient (Wildman–Crippen LogP) is 3.97. The van der Waals surface area contributed by atoms with Gasteiger partial charge in [0.15, 0.2) is 0 Å². The molecule has 1 saturated heterocycles. The quantitative estimate of drug-likeness (QED) is 0.540. The van der Waals surface area contributed by atoms with Crippen LogP contribution in [0, 0.1) is 5.82 Å². The lowest BCUT2D eigenvalue weighted by molar-refractivity contribution is 0.0696. The smallest absolute Gasteiger partial charge is 0.337 e. The standard InChI is InChI=1S/C20H17ClFN5O3/c21-16-6-13(1-2-17(16)22)26-20-24-9-15(11-5-12(19(28)29)8-23-7-11)18(27-20)25-14-3-4-30-10-14/h1-2,5-9,14H,3-4,10H2,(H,28,29)(H2,24,25,26,27). The molecule has 0 amide bonds. The highest BCUT2D eigenvalue weighted by atomic mass is 35.5. The third-order valence-electron chi connectivity index (χ3n) is 4.53. The van der Waals surface area contributed by atoms with E-state index in [4.69, 9.17) is 16.3 Å². The van der Waals surface area contributed by atoms with E-state index in [1.807, 2.05) is 0 Å². The van der Waals surface area contributed by atoms with Crippen LogP contribution < -0.4 is 10.6 Å². The molecule has 1 aliphatic heterocycles. The molecule has 0 spiro atoms. The first-order valence-corrected chi connectivity index (χ1v) is 9.49. The largest absolute Gasteiger partial charge is 0.478 e. The molecule has 0 radical (unpaired) electrons. The Balaban J connectivity index is 1.69. The first kappa shape index (κ1) is 20.0. The Labute approximate surface area is 176 Å². The molecule has 1 fully saturated rings. The van der Waals surface area contributed by atoms with Crippen LogP contribution in [0.15, 0.2) is 42.9 Å². The van der Waals surface area contributed by atoms with Gasteiger partial charge in [0, 0.05) is 42.0 Å².